The smallest absolute Gasteiger partial charge is 0.267 e. The molecule has 4 rings (SSSR count). The van der Waals surface area contributed by atoms with Crippen molar-refractivity contribution in [1.82, 2.24) is 25.0 Å². The van der Waals surface area contributed by atoms with Crippen LogP contribution in [0.4, 0.5) is 26.3 Å². The van der Waals surface area contributed by atoms with E-state index in [1.807, 2.05) is 6.07 Å². The van der Waals surface area contributed by atoms with E-state index in [4.69, 9.17) is 0 Å². The van der Waals surface area contributed by atoms with Crippen LogP contribution in [-0.4, -0.2) is 25.0 Å². The summed E-state index contributed by atoms with van der Waals surface area (Å²) >= 11 is 1.22. The van der Waals surface area contributed by atoms with E-state index in [0.29, 0.717) is 27.3 Å². The highest BCUT2D eigenvalue weighted by atomic mass is 32.1. The van der Waals surface area contributed by atoms with Gasteiger partial charge in [-0.2, -0.15) is 31.4 Å². The maximum atomic E-state index is 13.3. The first-order valence-corrected chi connectivity index (χ1v) is 9.98. The van der Waals surface area contributed by atoms with Gasteiger partial charge in [0.25, 0.3) is 0 Å². The molecule has 168 valence electrons. The van der Waals surface area contributed by atoms with Gasteiger partial charge in [-0.05, 0) is 35.7 Å². The summed E-state index contributed by atoms with van der Waals surface area (Å²) in [4.78, 5) is 4.17. The number of rotatable bonds is 3. The molecular weight excluding hydrogens is 468 g/mol. The number of nitrogens with zero attached hydrogens (tertiary/aromatic N) is 5. The van der Waals surface area contributed by atoms with Crippen molar-refractivity contribution in [2.75, 3.05) is 0 Å². The summed E-state index contributed by atoms with van der Waals surface area (Å²) in [5.41, 5.74) is -2.04. The molecule has 0 saturated heterocycles. The lowest BCUT2D eigenvalue weighted by molar-refractivity contribution is -0.143. The summed E-state index contributed by atoms with van der Waals surface area (Å²) < 4.78 is 79.6. The highest BCUT2D eigenvalue weighted by Gasteiger charge is 2.38. The molecule has 0 N–H and O–H groups in total. The second-order valence-corrected chi connectivity index (χ2v) is 7.65. The van der Waals surface area contributed by atoms with Crippen LogP contribution in [0, 0.1) is 11.8 Å². The molecule has 33 heavy (non-hydrogen) atoms. The Morgan fingerprint density at radius 1 is 0.939 bits per heavy atom. The molecule has 0 radical (unpaired) electrons. The minimum atomic E-state index is -4.95. The first-order chi connectivity index (χ1) is 15.6. The van der Waals surface area contributed by atoms with E-state index in [1.165, 1.54) is 28.4 Å². The topological polar surface area (TPSA) is 56.5 Å². The second-order valence-electron chi connectivity index (χ2n) is 6.67. The molecule has 0 unspecified atom stereocenters. The standard InChI is InChI=1S/C21H11F6N5S/c22-20(23,24)15-6-5-14(16(9-15)21(25,26)27)12-32-11-13(10-29-32)4-7-18-30-31-19(33-18)17-3-1-2-8-28-17/h1-3,5-6,8-11H,12H2. The van der Waals surface area contributed by atoms with Crippen molar-refractivity contribution < 1.29 is 26.3 Å². The highest BCUT2D eigenvalue weighted by Crippen LogP contribution is 2.37. The van der Waals surface area contributed by atoms with E-state index in [0.717, 1.165) is 6.07 Å². The number of hydrogen-bond acceptors (Lipinski definition) is 5. The van der Waals surface area contributed by atoms with Gasteiger partial charge in [-0.3, -0.25) is 9.67 Å². The Balaban J connectivity index is 1.53. The van der Waals surface area contributed by atoms with E-state index >= 15 is 0 Å². The first kappa shape index (κ1) is 22.5. The zero-order chi connectivity index (χ0) is 23.6. The Morgan fingerprint density at radius 2 is 1.76 bits per heavy atom. The molecule has 3 heterocycles. The number of pyridine rings is 1. The molecule has 0 atom stereocenters. The van der Waals surface area contributed by atoms with E-state index in [-0.39, 0.29) is 18.2 Å². The lowest BCUT2D eigenvalue weighted by Crippen LogP contribution is -2.15. The Kier molecular flexibility index (Phi) is 5.90. The van der Waals surface area contributed by atoms with Crippen LogP contribution in [0.3, 0.4) is 0 Å². The summed E-state index contributed by atoms with van der Waals surface area (Å²) in [5.74, 6) is 5.59. The predicted octanol–water partition coefficient (Wildman–Crippen LogP) is 5.28. The van der Waals surface area contributed by atoms with E-state index in [2.05, 4.69) is 32.1 Å². The number of alkyl halides is 6. The van der Waals surface area contributed by atoms with Crippen molar-refractivity contribution in [2.45, 2.75) is 18.9 Å². The minimum Gasteiger partial charge on any atom is -0.267 e. The Morgan fingerprint density at radius 3 is 2.45 bits per heavy atom. The monoisotopic (exact) mass is 479 g/mol. The number of halogens is 6. The van der Waals surface area contributed by atoms with Crippen molar-refractivity contribution in [1.29, 1.82) is 0 Å². The number of hydrogen-bond donors (Lipinski definition) is 0. The first-order valence-electron chi connectivity index (χ1n) is 9.16. The summed E-state index contributed by atoms with van der Waals surface area (Å²) in [6.45, 7) is -0.378. The maximum absolute atomic E-state index is 13.3. The molecule has 0 aliphatic rings. The average Bonchev–Trinajstić information content (AvgIpc) is 3.41. The van der Waals surface area contributed by atoms with Crippen LogP contribution < -0.4 is 0 Å². The van der Waals surface area contributed by atoms with Crippen LogP contribution in [-0.2, 0) is 18.9 Å². The van der Waals surface area contributed by atoms with Gasteiger partial charge < -0.3 is 0 Å². The molecule has 0 aliphatic carbocycles. The van der Waals surface area contributed by atoms with Gasteiger partial charge in [0.2, 0.25) is 0 Å². The number of aromatic nitrogens is 5. The molecule has 3 aromatic heterocycles. The van der Waals surface area contributed by atoms with Crippen LogP contribution in [0.5, 0.6) is 0 Å². The van der Waals surface area contributed by atoms with Crippen LogP contribution >= 0.6 is 11.3 Å². The second kappa shape index (κ2) is 8.67. The normalized spacial score (nSPS) is 11.8. The zero-order valence-electron chi connectivity index (χ0n) is 16.3. The third-order valence-electron chi connectivity index (χ3n) is 4.33. The van der Waals surface area contributed by atoms with Crippen LogP contribution in [0.1, 0.15) is 27.3 Å². The van der Waals surface area contributed by atoms with E-state index in [9.17, 15) is 26.3 Å². The van der Waals surface area contributed by atoms with Crippen molar-refractivity contribution in [2.24, 2.45) is 0 Å². The molecule has 4 aromatic rings. The molecule has 1 aromatic carbocycles. The fourth-order valence-corrected chi connectivity index (χ4v) is 3.51. The Bertz CT molecular complexity index is 1330. The van der Waals surface area contributed by atoms with Gasteiger partial charge in [0.05, 0.1) is 29.4 Å². The molecule has 0 saturated carbocycles. The molecule has 0 spiro atoms. The van der Waals surface area contributed by atoms with Gasteiger partial charge in [-0.1, -0.05) is 29.4 Å². The molecule has 12 heteroatoms. The van der Waals surface area contributed by atoms with Gasteiger partial charge >= 0.3 is 12.4 Å². The van der Waals surface area contributed by atoms with E-state index < -0.39 is 23.5 Å². The molecule has 0 aliphatic heterocycles. The molecule has 5 nitrogen and oxygen atoms in total. The Hall–Kier alpha value is -3.72. The zero-order valence-corrected chi connectivity index (χ0v) is 17.1. The van der Waals surface area contributed by atoms with Crippen LogP contribution in [0.2, 0.25) is 0 Å². The minimum absolute atomic E-state index is 0.105. The van der Waals surface area contributed by atoms with Crippen molar-refractivity contribution in [3.63, 3.8) is 0 Å². The van der Waals surface area contributed by atoms with Crippen molar-refractivity contribution >= 4 is 11.3 Å². The highest BCUT2D eigenvalue weighted by molar-refractivity contribution is 7.15. The Labute approximate surface area is 186 Å². The molecule has 0 fully saturated rings. The van der Waals surface area contributed by atoms with Gasteiger partial charge in [-0.25, -0.2) is 0 Å². The van der Waals surface area contributed by atoms with Crippen LogP contribution in [0.25, 0.3) is 10.7 Å². The van der Waals surface area contributed by atoms with E-state index in [1.54, 1.807) is 18.3 Å². The van der Waals surface area contributed by atoms with Crippen LogP contribution in [0.15, 0.2) is 55.0 Å². The van der Waals surface area contributed by atoms with Crippen molar-refractivity contribution in [3.05, 3.63) is 82.3 Å². The fraction of sp³-hybridized carbons (Fsp3) is 0.143. The average molecular weight is 479 g/mol. The lowest BCUT2D eigenvalue weighted by Gasteiger charge is -2.16. The molecule has 0 amide bonds. The quantitative estimate of drug-likeness (QED) is 0.296. The summed E-state index contributed by atoms with van der Waals surface area (Å²) in [7, 11) is 0. The predicted molar refractivity (Wildman–Crippen MR) is 107 cm³/mol. The largest absolute Gasteiger partial charge is 0.416 e. The summed E-state index contributed by atoms with van der Waals surface area (Å²) in [6.07, 6.45) is -5.47. The molecular formula is C21H11F6N5S. The summed E-state index contributed by atoms with van der Waals surface area (Å²) in [6, 6.07) is 6.88. The fourth-order valence-electron chi connectivity index (χ4n) is 2.84. The van der Waals surface area contributed by atoms with Gasteiger partial charge in [0.1, 0.15) is 5.69 Å². The van der Waals surface area contributed by atoms with Gasteiger partial charge in [0, 0.05) is 12.4 Å². The number of benzene rings is 1. The lowest BCUT2D eigenvalue weighted by atomic mass is 10.0. The SMILES string of the molecule is FC(F)(F)c1ccc(Cn2cc(C#Cc3nnc(-c4ccccn4)s3)cn2)c(C(F)(F)F)c1. The van der Waals surface area contributed by atoms with Crippen molar-refractivity contribution in [3.8, 4) is 22.5 Å². The van der Waals surface area contributed by atoms with Gasteiger partial charge in [0.15, 0.2) is 10.0 Å². The molecule has 0 bridgehead atoms. The maximum Gasteiger partial charge on any atom is 0.416 e. The van der Waals surface area contributed by atoms with Gasteiger partial charge in [-0.15, -0.1) is 10.2 Å². The third kappa shape index (κ3) is 5.38. The third-order valence-corrected chi connectivity index (χ3v) is 5.19. The summed E-state index contributed by atoms with van der Waals surface area (Å²) in [5, 5.41) is 12.9.